The summed E-state index contributed by atoms with van der Waals surface area (Å²) in [6.07, 6.45) is 5.32. The third kappa shape index (κ3) is 3.33. The summed E-state index contributed by atoms with van der Waals surface area (Å²) >= 11 is 0. The minimum Gasteiger partial charge on any atom is -0.278 e. The van der Waals surface area contributed by atoms with Crippen LogP contribution in [0.25, 0.3) is 0 Å². The van der Waals surface area contributed by atoms with Gasteiger partial charge in [0.1, 0.15) is 5.54 Å². The first kappa shape index (κ1) is 14.9. The van der Waals surface area contributed by atoms with Gasteiger partial charge in [0.2, 0.25) is 0 Å². The molecular formula is C15H18FNO2S. The number of nitrogens with zero attached hydrogens (tertiary/aromatic N) is 1. The molecule has 1 unspecified atom stereocenters. The van der Waals surface area contributed by atoms with Crippen molar-refractivity contribution in [2.45, 2.75) is 31.7 Å². The molecule has 0 aromatic heterocycles. The van der Waals surface area contributed by atoms with E-state index in [-0.39, 0.29) is 6.42 Å². The zero-order chi connectivity index (χ0) is 14.8. The third-order valence-corrected chi connectivity index (χ3v) is 4.26. The predicted octanol–water partition coefficient (Wildman–Crippen LogP) is 3.34. The first-order chi connectivity index (χ1) is 9.32. The highest BCUT2D eigenvalue weighted by Crippen LogP contribution is 2.35. The molecule has 0 bridgehead atoms. The molecule has 1 aliphatic heterocycles. The number of hydrogen-bond donors (Lipinski definition) is 0. The van der Waals surface area contributed by atoms with Crippen molar-refractivity contribution < 1.29 is 12.3 Å². The summed E-state index contributed by atoms with van der Waals surface area (Å²) in [6.45, 7) is 4.21. The van der Waals surface area contributed by atoms with E-state index in [1.54, 1.807) is 12.3 Å². The highest BCUT2D eigenvalue weighted by molar-refractivity contribution is 7.86. The van der Waals surface area contributed by atoms with Crippen LogP contribution in [0.3, 0.4) is 0 Å². The molecule has 1 aromatic rings. The van der Waals surface area contributed by atoms with Gasteiger partial charge in [-0.05, 0) is 29.5 Å². The molecule has 0 spiro atoms. The first-order valence-corrected chi connectivity index (χ1v) is 8.13. The quantitative estimate of drug-likeness (QED) is 0.782. The van der Waals surface area contributed by atoms with E-state index < -0.39 is 21.5 Å². The van der Waals surface area contributed by atoms with Gasteiger partial charge in [0.15, 0.2) is 0 Å². The summed E-state index contributed by atoms with van der Waals surface area (Å²) in [6, 6.07) is 7.89. The second kappa shape index (κ2) is 5.48. The van der Waals surface area contributed by atoms with Crippen LogP contribution in [-0.4, -0.2) is 20.4 Å². The molecule has 0 aliphatic carbocycles. The van der Waals surface area contributed by atoms with Crippen molar-refractivity contribution in [3.8, 4) is 0 Å². The fraction of sp³-hybridized carbons (Fsp3) is 0.400. The van der Waals surface area contributed by atoms with Crippen LogP contribution in [0.15, 0.2) is 41.4 Å². The Morgan fingerprint density at radius 2 is 1.90 bits per heavy atom. The number of benzene rings is 1. The molecule has 0 N–H and O–H groups in total. The van der Waals surface area contributed by atoms with E-state index in [1.165, 1.54) is 5.56 Å². The van der Waals surface area contributed by atoms with Crippen molar-refractivity contribution in [1.82, 2.24) is 0 Å². The molecule has 3 nitrogen and oxygen atoms in total. The summed E-state index contributed by atoms with van der Waals surface area (Å²) in [5, 5.41) is 0. The molecule has 108 valence electrons. The lowest BCUT2D eigenvalue weighted by Crippen LogP contribution is -2.22. The van der Waals surface area contributed by atoms with Gasteiger partial charge >= 0.3 is 10.2 Å². The molecule has 2 rings (SSSR count). The summed E-state index contributed by atoms with van der Waals surface area (Å²) in [5.41, 5.74) is 1.33. The van der Waals surface area contributed by atoms with Gasteiger partial charge in [-0.1, -0.05) is 44.2 Å². The maximum absolute atomic E-state index is 12.8. The van der Waals surface area contributed by atoms with E-state index in [2.05, 4.69) is 18.8 Å². The molecule has 1 aliphatic rings. The minimum atomic E-state index is -4.49. The maximum Gasteiger partial charge on any atom is 0.302 e. The van der Waals surface area contributed by atoms with Gasteiger partial charge < -0.3 is 0 Å². The lowest BCUT2D eigenvalue weighted by Gasteiger charge is -2.24. The normalized spacial score (nSPS) is 21.8. The van der Waals surface area contributed by atoms with E-state index in [9.17, 15) is 12.3 Å². The summed E-state index contributed by atoms with van der Waals surface area (Å²) in [4.78, 5) is 4.35. The van der Waals surface area contributed by atoms with Crippen molar-refractivity contribution >= 4 is 16.4 Å². The average Bonchev–Trinajstić information content (AvgIpc) is 2.86. The van der Waals surface area contributed by atoms with Crippen LogP contribution in [0, 0.1) is 0 Å². The molecule has 0 amide bonds. The Bertz CT molecular complexity index is 618. The number of hydrogen-bond acceptors (Lipinski definition) is 3. The lowest BCUT2D eigenvalue weighted by molar-refractivity contribution is 0.517. The molecule has 1 atom stereocenters. The Kier molecular flexibility index (Phi) is 4.09. The molecule has 0 fully saturated rings. The van der Waals surface area contributed by atoms with E-state index >= 15 is 0 Å². The average molecular weight is 295 g/mol. The zero-order valence-corrected chi connectivity index (χ0v) is 12.4. The molecule has 0 saturated heterocycles. The number of halogens is 1. The van der Waals surface area contributed by atoms with Gasteiger partial charge in [-0.2, -0.15) is 8.42 Å². The topological polar surface area (TPSA) is 46.5 Å². The molecule has 20 heavy (non-hydrogen) atoms. The van der Waals surface area contributed by atoms with Crippen LogP contribution in [0.2, 0.25) is 0 Å². The zero-order valence-electron chi connectivity index (χ0n) is 11.6. The van der Waals surface area contributed by atoms with Crippen molar-refractivity contribution in [1.29, 1.82) is 0 Å². The second-order valence-corrected chi connectivity index (χ2v) is 6.82. The van der Waals surface area contributed by atoms with Gasteiger partial charge in [-0.25, -0.2) is 0 Å². The Hall–Kier alpha value is -1.49. The summed E-state index contributed by atoms with van der Waals surface area (Å²) in [7, 11) is -4.49. The molecular weight excluding hydrogens is 277 g/mol. The second-order valence-electron chi connectivity index (χ2n) is 5.33. The van der Waals surface area contributed by atoms with Gasteiger partial charge in [0.05, 0.1) is 5.75 Å². The van der Waals surface area contributed by atoms with Crippen LogP contribution < -0.4 is 0 Å². The van der Waals surface area contributed by atoms with Crippen LogP contribution in [0.5, 0.6) is 0 Å². The van der Waals surface area contributed by atoms with Crippen molar-refractivity contribution in [2.75, 3.05) is 5.75 Å². The van der Waals surface area contributed by atoms with Crippen LogP contribution >= 0.6 is 0 Å². The molecule has 1 aromatic carbocycles. The summed E-state index contributed by atoms with van der Waals surface area (Å²) in [5.74, 6) is -0.102. The Labute approximate surface area is 119 Å². The molecule has 0 saturated carbocycles. The van der Waals surface area contributed by atoms with Gasteiger partial charge in [-0.15, -0.1) is 3.89 Å². The van der Waals surface area contributed by atoms with Crippen molar-refractivity contribution in [2.24, 2.45) is 4.99 Å². The number of allylic oxidation sites excluding steroid dienone is 1. The fourth-order valence-electron chi connectivity index (χ4n) is 2.32. The fourth-order valence-corrected chi connectivity index (χ4v) is 2.87. The SMILES string of the molecule is CC(C)c1ccc(C2(CCS(=O)(=O)F)C=CC=N2)cc1. The Morgan fingerprint density at radius 1 is 1.25 bits per heavy atom. The number of rotatable bonds is 5. The van der Waals surface area contributed by atoms with Crippen molar-refractivity contribution in [3.63, 3.8) is 0 Å². The largest absolute Gasteiger partial charge is 0.302 e. The standard InChI is InChI=1S/C15H18FNO2S/c1-12(2)13-4-6-14(7-5-13)15(8-3-10-17-15)9-11-20(16,18)19/h3-8,10,12H,9,11H2,1-2H3. The van der Waals surface area contributed by atoms with E-state index in [0.29, 0.717) is 5.92 Å². The molecule has 0 radical (unpaired) electrons. The molecule has 1 heterocycles. The van der Waals surface area contributed by atoms with E-state index in [0.717, 1.165) is 5.56 Å². The van der Waals surface area contributed by atoms with Gasteiger partial charge in [0.25, 0.3) is 0 Å². The van der Waals surface area contributed by atoms with Crippen LogP contribution in [0.1, 0.15) is 37.3 Å². The Balaban J connectivity index is 2.29. The van der Waals surface area contributed by atoms with Crippen LogP contribution in [0.4, 0.5) is 3.89 Å². The molecule has 5 heteroatoms. The van der Waals surface area contributed by atoms with Crippen LogP contribution in [-0.2, 0) is 15.8 Å². The van der Waals surface area contributed by atoms with E-state index in [1.807, 2.05) is 30.3 Å². The minimum absolute atomic E-state index is 0.111. The first-order valence-electron chi connectivity index (χ1n) is 6.58. The van der Waals surface area contributed by atoms with Crippen molar-refractivity contribution in [3.05, 3.63) is 47.5 Å². The predicted molar refractivity (Wildman–Crippen MR) is 79.4 cm³/mol. The van der Waals surface area contributed by atoms with E-state index in [4.69, 9.17) is 0 Å². The number of aliphatic imine (C=N–C) groups is 1. The lowest BCUT2D eigenvalue weighted by atomic mass is 9.87. The maximum atomic E-state index is 12.8. The third-order valence-electron chi connectivity index (χ3n) is 3.57. The monoisotopic (exact) mass is 295 g/mol. The highest BCUT2D eigenvalue weighted by atomic mass is 32.3. The smallest absolute Gasteiger partial charge is 0.278 e. The summed E-state index contributed by atoms with van der Waals surface area (Å²) < 4.78 is 34.3. The van der Waals surface area contributed by atoms with Gasteiger partial charge in [-0.3, -0.25) is 4.99 Å². The highest BCUT2D eigenvalue weighted by Gasteiger charge is 2.32. The van der Waals surface area contributed by atoms with Gasteiger partial charge in [0, 0.05) is 6.21 Å². The Morgan fingerprint density at radius 3 is 2.35 bits per heavy atom.